The van der Waals surface area contributed by atoms with Gasteiger partial charge in [0.25, 0.3) is 0 Å². The first-order valence-corrected chi connectivity index (χ1v) is 11.1. The molecule has 1 N–H and O–H groups in total. The summed E-state index contributed by atoms with van der Waals surface area (Å²) in [6.07, 6.45) is -0.260. The smallest absolute Gasteiger partial charge is 0.239 e. The molecule has 2 unspecified atom stereocenters. The van der Waals surface area contributed by atoms with Crippen molar-refractivity contribution in [1.82, 2.24) is 19.7 Å². The highest BCUT2D eigenvalue weighted by atomic mass is 32.2. The molecule has 2 aromatic heterocycles. The summed E-state index contributed by atoms with van der Waals surface area (Å²) in [4.78, 5) is 18.0. The minimum atomic E-state index is -0.341. The van der Waals surface area contributed by atoms with E-state index in [1.165, 1.54) is 23.1 Å². The lowest BCUT2D eigenvalue weighted by Gasteiger charge is -2.16. The van der Waals surface area contributed by atoms with Crippen molar-refractivity contribution in [2.24, 2.45) is 0 Å². The van der Waals surface area contributed by atoms with Crippen LogP contribution in [-0.2, 0) is 11.3 Å². The minimum absolute atomic E-state index is 0.107. The third kappa shape index (κ3) is 5.16. The van der Waals surface area contributed by atoms with Crippen molar-refractivity contribution in [3.05, 3.63) is 46.7 Å². The van der Waals surface area contributed by atoms with E-state index in [2.05, 4.69) is 20.5 Å². The van der Waals surface area contributed by atoms with Gasteiger partial charge in [0.2, 0.25) is 5.91 Å². The number of para-hydroxylation sites is 1. The molecule has 0 radical (unpaired) electrons. The van der Waals surface area contributed by atoms with Crippen LogP contribution in [0, 0.1) is 13.8 Å². The van der Waals surface area contributed by atoms with Gasteiger partial charge < -0.3 is 14.6 Å². The van der Waals surface area contributed by atoms with E-state index in [0.717, 1.165) is 22.1 Å². The normalized spacial score (nSPS) is 13.1. The Labute approximate surface area is 178 Å². The van der Waals surface area contributed by atoms with Crippen LogP contribution in [-0.4, -0.2) is 30.9 Å². The van der Waals surface area contributed by atoms with Crippen LogP contribution in [0.5, 0.6) is 5.75 Å². The van der Waals surface area contributed by atoms with E-state index in [9.17, 15) is 4.79 Å². The molecule has 0 saturated heterocycles. The average Bonchev–Trinajstić information content (AvgIpc) is 3.24. The molecule has 0 bridgehead atoms. The molecule has 9 heteroatoms. The van der Waals surface area contributed by atoms with Gasteiger partial charge in [0.1, 0.15) is 5.75 Å². The summed E-state index contributed by atoms with van der Waals surface area (Å²) in [6.45, 7) is 10.4. The zero-order valence-corrected chi connectivity index (χ0v) is 18.8. The van der Waals surface area contributed by atoms with Crippen molar-refractivity contribution in [2.75, 3.05) is 5.32 Å². The predicted molar refractivity (Wildman–Crippen MR) is 117 cm³/mol. The van der Waals surface area contributed by atoms with Crippen LogP contribution in [0.15, 0.2) is 35.5 Å². The first-order chi connectivity index (χ1) is 13.9. The predicted octanol–water partition coefficient (Wildman–Crippen LogP) is 4.63. The Bertz CT molecular complexity index is 951. The Kier molecular flexibility index (Phi) is 6.92. The average molecular weight is 432 g/mol. The van der Waals surface area contributed by atoms with Crippen molar-refractivity contribution in [2.45, 2.75) is 57.7 Å². The Hall–Kier alpha value is -2.39. The quantitative estimate of drug-likeness (QED) is 0.524. The second-order valence-electron chi connectivity index (χ2n) is 6.57. The molecule has 154 valence electrons. The lowest BCUT2D eigenvalue weighted by atomic mass is 10.3. The number of ether oxygens (including phenoxy) is 1. The number of nitrogens with one attached hydrogen (secondary N) is 1. The first-order valence-electron chi connectivity index (χ1n) is 9.45. The summed E-state index contributed by atoms with van der Waals surface area (Å²) in [7, 11) is 0. The van der Waals surface area contributed by atoms with E-state index < -0.39 is 0 Å². The highest BCUT2D eigenvalue weighted by molar-refractivity contribution is 8.00. The highest BCUT2D eigenvalue weighted by Crippen LogP contribution is 2.28. The molecular weight excluding hydrogens is 406 g/mol. The van der Waals surface area contributed by atoms with Crippen LogP contribution in [0.2, 0.25) is 0 Å². The number of hydrogen-bond acceptors (Lipinski definition) is 7. The molecule has 0 aliphatic heterocycles. The number of anilines is 1. The number of amides is 1. The van der Waals surface area contributed by atoms with E-state index in [4.69, 9.17) is 4.74 Å². The van der Waals surface area contributed by atoms with E-state index in [-0.39, 0.29) is 17.3 Å². The molecule has 3 rings (SSSR count). The fraction of sp³-hybridized carbons (Fsp3) is 0.400. The zero-order chi connectivity index (χ0) is 21.0. The van der Waals surface area contributed by atoms with Crippen molar-refractivity contribution < 1.29 is 9.53 Å². The van der Waals surface area contributed by atoms with Gasteiger partial charge in [-0.3, -0.25) is 4.79 Å². The van der Waals surface area contributed by atoms with Gasteiger partial charge in [-0.1, -0.05) is 30.0 Å². The molecule has 2 heterocycles. The summed E-state index contributed by atoms with van der Waals surface area (Å²) in [6, 6.07) is 9.63. The number of aromatic nitrogens is 4. The van der Waals surface area contributed by atoms with Crippen LogP contribution in [0.1, 0.15) is 43.3 Å². The summed E-state index contributed by atoms with van der Waals surface area (Å²) in [5.41, 5.74) is 0.938. The van der Waals surface area contributed by atoms with Gasteiger partial charge in [0.05, 0.1) is 10.9 Å². The van der Waals surface area contributed by atoms with Gasteiger partial charge in [-0.25, -0.2) is 4.98 Å². The largest absolute Gasteiger partial charge is 0.483 e. The lowest BCUT2D eigenvalue weighted by molar-refractivity contribution is -0.115. The fourth-order valence-corrected chi connectivity index (χ4v) is 4.42. The number of thiazole rings is 1. The molecule has 2 atom stereocenters. The SMILES string of the molecule is CCn1c(SC(C)C(=O)Nc2nc(C)c(C)s2)nnc1C(C)Oc1ccccc1. The van der Waals surface area contributed by atoms with Crippen LogP contribution < -0.4 is 10.1 Å². The highest BCUT2D eigenvalue weighted by Gasteiger charge is 2.23. The third-order valence-corrected chi connectivity index (χ3v) is 6.46. The number of carbonyl (C=O) groups is 1. The fourth-order valence-electron chi connectivity index (χ4n) is 2.69. The summed E-state index contributed by atoms with van der Waals surface area (Å²) < 4.78 is 7.97. The van der Waals surface area contributed by atoms with E-state index in [1.807, 2.05) is 69.5 Å². The maximum atomic E-state index is 12.6. The van der Waals surface area contributed by atoms with Gasteiger partial charge in [-0.15, -0.1) is 21.5 Å². The second-order valence-corrected chi connectivity index (χ2v) is 9.08. The summed E-state index contributed by atoms with van der Waals surface area (Å²) in [5.74, 6) is 1.41. The van der Waals surface area contributed by atoms with Crippen LogP contribution in [0.3, 0.4) is 0 Å². The van der Waals surface area contributed by atoms with E-state index in [1.54, 1.807) is 0 Å². The number of benzene rings is 1. The van der Waals surface area contributed by atoms with Gasteiger partial charge >= 0.3 is 0 Å². The topological polar surface area (TPSA) is 81.9 Å². The van der Waals surface area contributed by atoms with Gasteiger partial charge in [-0.2, -0.15) is 0 Å². The molecule has 3 aromatic rings. The van der Waals surface area contributed by atoms with Crippen LogP contribution in [0.4, 0.5) is 5.13 Å². The molecule has 0 aliphatic rings. The lowest BCUT2D eigenvalue weighted by Crippen LogP contribution is -2.23. The Morgan fingerprint density at radius 3 is 2.59 bits per heavy atom. The minimum Gasteiger partial charge on any atom is -0.483 e. The maximum absolute atomic E-state index is 12.6. The molecule has 1 amide bonds. The van der Waals surface area contributed by atoms with Crippen molar-refractivity contribution in [3.63, 3.8) is 0 Å². The molecule has 1 aromatic carbocycles. The molecule has 0 aliphatic carbocycles. The second kappa shape index (κ2) is 9.41. The molecule has 0 saturated carbocycles. The Morgan fingerprint density at radius 2 is 1.97 bits per heavy atom. The molecular formula is C20H25N5O2S2. The summed E-state index contributed by atoms with van der Waals surface area (Å²) in [5, 5.41) is 12.5. The number of rotatable bonds is 8. The van der Waals surface area contributed by atoms with Crippen molar-refractivity contribution in [3.8, 4) is 5.75 Å². The monoisotopic (exact) mass is 431 g/mol. The van der Waals surface area contributed by atoms with Gasteiger partial charge in [0.15, 0.2) is 22.2 Å². The Balaban J connectivity index is 1.68. The van der Waals surface area contributed by atoms with Crippen molar-refractivity contribution >= 4 is 34.1 Å². The molecule has 0 spiro atoms. The third-order valence-electron chi connectivity index (χ3n) is 4.39. The molecule has 0 fully saturated rings. The number of aryl methyl sites for hydroxylation is 2. The number of nitrogens with zero attached hydrogens (tertiary/aromatic N) is 4. The van der Waals surface area contributed by atoms with Gasteiger partial charge in [0, 0.05) is 11.4 Å². The van der Waals surface area contributed by atoms with E-state index in [0.29, 0.717) is 16.8 Å². The standard InChI is InChI=1S/C20H25N5O2S2/c1-6-25-17(13(3)27-16-10-8-7-9-11-16)23-24-20(25)29-15(5)18(26)22-19-21-12(2)14(4)28-19/h7-11,13,15H,6H2,1-5H3,(H,21,22,26). The van der Waals surface area contributed by atoms with E-state index >= 15 is 0 Å². The first kappa shape index (κ1) is 21.3. The Morgan fingerprint density at radius 1 is 1.24 bits per heavy atom. The van der Waals surface area contributed by atoms with Gasteiger partial charge in [-0.05, 0) is 46.8 Å². The van der Waals surface area contributed by atoms with Crippen molar-refractivity contribution in [1.29, 1.82) is 0 Å². The maximum Gasteiger partial charge on any atom is 0.239 e. The zero-order valence-electron chi connectivity index (χ0n) is 17.2. The van der Waals surface area contributed by atoms with Crippen LogP contribution in [0.25, 0.3) is 0 Å². The number of hydrogen-bond donors (Lipinski definition) is 1. The number of carbonyl (C=O) groups excluding carboxylic acids is 1. The van der Waals surface area contributed by atoms with Crippen LogP contribution >= 0.6 is 23.1 Å². The molecule has 7 nitrogen and oxygen atoms in total. The molecule has 29 heavy (non-hydrogen) atoms. The summed E-state index contributed by atoms with van der Waals surface area (Å²) >= 11 is 2.86. The number of thioether (sulfide) groups is 1.